The highest BCUT2D eigenvalue weighted by Gasteiger charge is 2.47. The number of morpholine rings is 1. The van der Waals surface area contributed by atoms with Crippen molar-refractivity contribution < 1.29 is 4.74 Å². The maximum Gasteiger partial charge on any atom is 0.122 e. The molecule has 0 radical (unpaired) electrons. The Bertz CT molecular complexity index is 311. The first-order valence-electron chi connectivity index (χ1n) is 7.20. The minimum atomic E-state index is -0.332. The molecular formula is C14H25N3O. The van der Waals surface area contributed by atoms with E-state index in [1.54, 1.807) is 0 Å². The molecule has 18 heavy (non-hydrogen) atoms. The van der Waals surface area contributed by atoms with Crippen molar-refractivity contribution >= 4 is 0 Å². The molecule has 1 saturated heterocycles. The second kappa shape index (κ2) is 6.01. The van der Waals surface area contributed by atoms with Gasteiger partial charge in [-0.3, -0.25) is 10.2 Å². The first kappa shape index (κ1) is 13.8. The van der Waals surface area contributed by atoms with E-state index in [2.05, 4.69) is 30.1 Å². The average Bonchev–Trinajstić information content (AvgIpc) is 3.22. The molecule has 0 aromatic carbocycles. The third-order valence-electron chi connectivity index (χ3n) is 4.12. The lowest BCUT2D eigenvalue weighted by Crippen LogP contribution is -2.58. The molecule has 102 valence electrons. The highest BCUT2D eigenvalue weighted by atomic mass is 16.5. The van der Waals surface area contributed by atoms with Crippen LogP contribution in [0.3, 0.4) is 0 Å². The number of nitrogens with zero attached hydrogens (tertiary/aromatic N) is 2. The summed E-state index contributed by atoms with van der Waals surface area (Å²) in [5.41, 5.74) is -0.332. The van der Waals surface area contributed by atoms with Gasteiger partial charge >= 0.3 is 0 Å². The molecule has 1 saturated carbocycles. The number of nitriles is 1. The molecule has 4 nitrogen and oxygen atoms in total. The Kier molecular flexibility index (Phi) is 4.60. The van der Waals surface area contributed by atoms with Crippen molar-refractivity contribution in [3.63, 3.8) is 0 Å². The number of rotatable bonds is 6. The van der Waals surface area contributed by atoms with E-state index < -0.39 is 0 Å². The zero-order chi connectivity index (χ0) is 13.0. The number of hydrogen-bond acceptors (Lipinski definition) is 4. The highest BCUT2D eigenvalue weighted by Crippen LogP contribution is 2.40. The second-order valence-corrected chi connectivity index (χ2v) is 5.68. The topological polar surface area (TPSA) is 48.3 Å². The summed E-state index contributed by atoms with van der Waals surface area (Å²) in [5.74, 6) is 0.545. The molecule has 4 heteroatoms. The van der Waals surface area contributed by atoms with Gasteiger partial charge < -0.3 is 4.74 Å². The predicted molar refractivity (Wildman–Crippen MR) is 71.2 cm³/mol. The first-order chi connectivity index (χ1) is 8.72. The van der Waals surface area contributed by atoms with Crippen molar-refractivity contribution in [2.24, 2.45) is 5.92 Å². The normalized spacial score (nSPS) is 28.6. The number of nitrogens with one attached hydrogen (secondary N) is 1. The molecule has 0 amide bonds. The fourth-order valence-electron chi connectivity index (χ4n) is 2.74. The maximum atomic E-state index is 9.66. The lowest BCUT2D eigenvalue weighted by atomic mass is 9.93. The molecule has 2 atom stereocenters. The molecule has 0 aromatic rings. The van der Waals surface area contributed by atoms with Crippen molar-refractivity contribution in [2.45, 2.75) is 44.7 Å². The van der Waals surface area contributed by atoms with Gasteiger partial charge in [-0.1, -0.05) is 6.92 Å². The molecule has 2 aliphatic rings. The van der Waals surface area contributed by atoms with E-state index >= 15 is 0 Å². The van der Waals surface area contributed by atoms with E-state index in [1.165, 1.54) is 12.8 Å². The summed E-state index contributed by atoms with van der Waals surface area (Å²) >= 11 is 0. The molecule has 0 bridgehead atoms. The van der Waals surface area contributed by atoms with E-state index in [0.717, 1.165) is 39.3 Å². The van der Waals surface area contributed by atoms with Crippen LogP contribution in [0.25, 0.3) is 0 Å². The van der Waals surface area contributed by atoms with Gasteiger partial charge in [0.05, 0.1) is 19.3 Å². The van der Waals surface area contributed by atoms with Gasteiger partial charge in [-0.05, 0) is 38.6 Å². The Morgan fingerprint density at radius 1 is 1.50 bits per heavy atom. The number of hydrogen-bond donors (Lipinski definition) is 1. The lowest BCUT2D eigenvalue weighted by molar-refractivity contribution is -0.0106. The summed E-state index contributed by atoms with van der Waals surface area (Å²) in [6, 6.07) is 3.01. The summed E-state index contributed by atoms with van der Waals surface area (Å²) in [6.07, 6.45) is 3.47. The van der Waals surface area contributed by atoms with Gasteiger partial charge in [-0.25, -0.2) is 0 Å². The standard InChI is InChI=1S/C14H25N3O/c1-3-6-16-14(10-15,13-4-5-13)11-17-7-8-18-9-12(17)2/h12-13,16H,3-9,11H2,1-2H3. The van der Waals surface area contributed by atoms with Gasteiger partial charge in [0.25, 0.3) is 0 Å². The van der Waals surface area contributed by atoms with Crippen LogP contribution in [0.1, 0.15) is 33.1 Å². The molecule has 1 N–H and O–H groups in total. The smallest absolute Gasteiger partial charge is 0.122 e. The van der Waals surface area contributed by atoms with Crippen LogP contribution in [-0.4, -0.2) is 49.3 Å². The van der Waals surface area contributed by atoms with Crippen LogP contribution in [0.4, 0.5) is 0 Å². The van der Waals surface area contributed by atoms with Crippen LogP contribution in [-0.2, 0) is 4.74 Å². The highest BCUT2D eigenvalue weighted by molar-refractivity contribution is 5.17. The molecule has 2 unspecified atom stereocenters. The third-order valence-corrected chi connectivity index (χ3v) is 4.12. The van der Waals surface area contributed by atoms with Crippen molar-refractivity contribution in [1.82, 2.24) is 10.2 Å². The third kappa shape index (κ3) is 3.03. The summed E-state index contributed by atoms with van der Waals surface area (Å²) in [6.45, 7) is 8.66. The number of ether oxygens (including phenoxy) is 1. The zero-order valence-electron chi connectivity index (χ0n) is 11.6. The van der Waals surface area contributed by atoms with Crippen LogP contribution in [0.2, 0.25) is 0 Å². The summed E-state index contributed by atoms with van der Waals surface area (Å²) in [4.78, 5) is 2.41. The van der Waals surface area contributed by atoms with Crippen LogP contribution in [0.5, 0.6) is 0 Å². The van der Waals surface area contributed by atoms with Gasteiger partial charge in [0.1, 0.15) is 5.54 Å². The van der Waals surface area contributed by atoms with E-state index in [1.807, 2.05) is 0 Å². The van der Waals surface area contributed by atoms with E-state index in [9.17, 15) is 5.26 Å². The minimum Gasteiger partial charge on any atom is -0.379 e. The van der Waals surface area contributed by atoms with Crippen LogP contribution < -0.4 is 5.32 Å². The fourth-order valence-corrected chi connectivity index (χ4v) is 2.74. The maximum absolute atomic E-state index is 9.66. The van der Waals surface area contributed by atoms with E-state index in [4.69, 9.17) is 4.74 Å². The Labute approximate surface area is 110 Å². The Balaban J connectivity index is 2.01. The molecular weight excluding hydrogens is 226 g/mol. The van der Waals surface area contributed by atoms with E-state index in [0.29, 0.717) is 12.0 Å². The average molecular weight is 251 g/mol. The molecule has 1 heterocycles. The summed E-state index contributed by atoms with van der Waals surface area (Å²) < 4.78 is 5.47. The molecule has 2 rings (SSSR count). The van der Waals surface area contributed by atoms with Gasteiger partial charge in [-0.2, -0.15) is 5.26 Å². The van der Waals surface area contributed by atoms with Gasteiger partial charge in [0, 0.05) is 19.1 Å². The minimum absolute atomic E-state index is 0.332. The van der Waals surface area contributed by atoms with Crippen molar-refractivity contribution in [3.05, 3.63) is 0 Å². The predicted octanol–water partition coefficient (Wildman–Crippen LogP) is 1.38. The van der Waals surface area contributed by atoms with Gasteiger partial charge in [0.2, 0.25) is 0 Å². The monoisotopic (exact) mass is 251 g/mol. The summed E-state index contributed by atoms with van der Waals surface area (Å²) in [5, 5.41) is 13.2. The quantitative estimate of drug-likeness (QED) is 0.775. The van der Waals surface area contributed by atoms with Crippen molar-refractivity contribution in [1.29, 1.82) is 5.26 Å². The zero-order valence-corrected chi connectivity index (χ0v) is 11.6. The SMILES string of the molecule is CCCNC(C#N)(CN1CCOCC1C)C1CC1. The molecule has 1 aliphatic carbocycles. The lowest BCUT2D eigenvalue weighted by Gasteiger charge is -2.39. The van der Waals surface area contributed by atoms with E-state index in [-0.39, 0.29) is 5.54 Å². The Morgan fingerprint density at radius 3 is 2.83 bits per heavy atom. The largest absolute Gasteiger partial charge is 0.379 e. The second-order valence-electron chi connectivity index (χ2n) is 5.68. The summed E-state index contributed by atoms with van der Waals surface area (Å²) in [7, 11) is 0. The van der Waals surface area contributed by atoms with Gasteiger partial charge in [0.15, 0.2) is 0 Å². The van der Waals surface area contributed by atoms with Crippen molar-refractivity contribution in [3.8, 4) is 6.07 Å². The Hall–Kier alpha value is -0.630. The van der Waals surface area contributed by atoms with Crippen molar-refractivity contribution in [2.75, 3.05) is 32.8 Å². The van der Waals surface area contributed by atoms with Crippen LogP contribution in [0, 0.1) is 17.2 Å². The molecule has 2 fully saturated rings. The molecule has 1 aliphatic heterocycles. The van der Waals surface area contributed by atoms with Gasteiger partial charge in [-0.15, -0.1) is 0 Å². The Morgan fingerprint density at radius 2 is 2.28 bits per heavy atom. The molecule has 0 spiro atoms. The van der Waals surface area contributed by atoms with Crippen LogP contribution >= 0.6 is 0 Å². The fraction of sp³-hybridized carbons (Fsp3) is 0.929. The van der Waals surface area contributed by atoms with Crippen LogP contribution in [0.15, 0.2) is 0 Å². The first-order valence-corrected chi connectivity index (χ1v) is 7.20. The molecule has 0 aromatic heterocycles.